The molecule has 0 saturated carbocycles. The molecule has 1 heterocycles. The van der Waals surface area contributed by atoms with Gasteiger partial charge in [0, 0.05) is 0 Å². The largest absolute Gasteiger partial charge is 0.468 e. The third kappa shape index (κ3) is 2.63. The lowest BCUT2D eigenvalue weighted by molar-refractivity contribution is 0.502. The molecular weight excluding hydrogens is 208 g/mol. The fraction of sp³-hybridized carbons (Fsp3) is 0.231. The summed E-state index contributed by atoms with van der Waals surface area (Å²) in [6.45, 7) is 2.08. The Hall–Kier alpha value is -1.21. The standard InChI is InChI=1S/C13H13ClO/c1-10-4-6-11(7-5-10)9-12(14)13-3-2-8-15-13/h2-8,12H,9H2,1H3. The van der Waals surface area contributed by atoms with Crippen LogP contribution in [0.2, 0.25) is 0 Å². The summed E-state index contributed by atoms with van der Waals surface area (Å²) >= 11 is 6.23. The molecule has 2 rings (SSSR count). The Morgan fingerprint density at radius 1 is 1.20 bits per heavy atom. The normalized spacial score (nSPS) is 12.7. The number of furan rings is 1. The Morgan fingerprint density at radius 2 is 1.93 bits per heavy atom. The van der Waals surface area contributed by atoms with E-state index in [2.05, 4.69) is 31.2 Å². The van der Waals surface area contributed by atoms with Crippen LogP contribution in [0.15, 0.2) is 47.1 Å². The summed E-state index contributed by atoms with van der Waals surface area (Å²) in [7, 11) is 0. The molecule has 2 aromatic rings. The van der Waals surface area contributed by atoms with Crippen molar-refractivity contribution < 1.29 is 4.42 Å². The van der Waals surface area contributed by atoms with Crippen LogP contribution in [0.1, 0.15) is 22.3 Å². The molecule has 0 aliphatic carbocycles. The molecule has 0 radical (unpaired) electrons. The molecule has 0 amide bonds. The van der Waals surface area contributed by atoms with Gasteiger partial charge in [-0.2, -0.15) is 0 Å². The van der Waals surface area contributed by atoms with Crippen LogP contribution in [-0.2, 0) is 6.42 Å². The van der Waals surface area contributed by atoms with Gasteiger partial charge in [-0.3, -0.25) is 0 Å². The summed E-state index contributed by atoms with van der Waals surface area (Å²) in [5, 5.41) is -0.0808. The Balaban J connectivity index is 2.06. The van der Waals surface area contributed by atoms with E-state index in [0.717, 1.165) is 12.2 Å². The molecule has 0 saturated heterocycles. The van der Waals surface area contributed by atoms with E-state index in [0.29, 0.717) is 0 Å². The Kier molecular flexibility index (Phi) is 3.12. The minimum atomic E-state index is -0.0808. The summed E-state index contributed by atoms with van der Waals surface area (Å²) in [4.78, 5) is 0. The average Bonchev–Trinajstić information content (AvgIpc) is 2.74. The quantitative estimate of drug-likeness (QED) is 0.710. The maximum absolute atomic E-state index is 6.23. The highest BCUT2D eigenvalue weighted by Gasteiger charge is 2.10. The number of hydrogen-bond donors (Lipinski definition) is 0. The van der Waals surface area contributed by atoms with Gasteiger partial charge in [-0.15, -0.1) is 11.6 Å². The first-order valence-electron chi connectivity index (χ1n) is 4.99. The third-order valence-corrected chi connectivity index (χ3v) is 2.76. The second-order valence-corrected chi connectivity index (χ2v) is 4.20. The van der Waals surface area contributed by atoms with Crippen molar-refractivity contribution in [2.75, 3.05) is 0 Å². The fourth-order valence-corrected chi connectivity index (χ4v) is 1.80. The first-order valence-corrected chi connectivity index (χ1v) is 5.42. The topological polar surface area (TPSA) is 13.1 Å². The van der Waals surface area contributed by atoms with E-state index < -0.39 is 0 Å². The molecule has 1 atom stereocenters. The highest BCUT2D eigenvalue weighted by atomic mass is 35.5. The first-order chi connectivity index (χ1) is 7.25. The molecule has 0 N–H and O–H groups in total. The van der Waals surface area contributed by atoms with E-state index in [1.807, 2.05) is 12.1 Å². The molecule has 1 unspecified atom stereocenters. The van der Waals surface area contributed by atoms with Crippen molar-refractivity contribution in [1.82, 2.24) is 0 Å². The van der Waals surface area contributed by atoms with Gasteiger partial charge in [0.05, 0.1) is 11.6 Å². The Labute approximate surface area is 94.7 Å². The van der Waals surface area contributed by atoms with Crippen LogP contribution in [0.4, 0.5) is 0 Å². The van der Waals surface area contributed by atoms with Crippen LogP contribution in [-0.4, -0.2) is 0 Å². The van der Waals surface area contributed by atoms with Crippen molar-refractivity contribution in [1.29, 1.82) is 0 Å². The van der Waals surface area contributed by atoms with Gasteiger partial charge >= 0.3 is 0 Å². The summed E-state index contributed by atoms with van der Waals surface area (Å²) < 4.78 is 5.26. The molecule has 0 aliphatic heterocycles. The zero-order valence-electron chi connectivity index (χ0n) is 8.61. The molecule has 1 aromatic heterocycles. The SMILES string of the molecule is Cc1ccc(CC(Cl)c2ccco2)cc1. The Bertz CT molecular complexity index is 403. The van der Waals surface area contributed by atoms with Gasteiger partial charge in [0.1, 0.15) is 5.76 Å². The maximum Gasteiger partial charge on any atom is 0.121 e. The molecule has 0 fully saturated rings. The van der Waals surface area contributed by atoms with Crippen molar-refractivity contribution in [3.63, 3.8) is 0 Å². The summed E-state index contributed by atoms with van der Waals surface area (Å²) in [6.07, 6.45) is 2.45. The maximum atomic E-state index is 6.23. The lowest BCUT2D eigenvalue weighted by Gasteiger charge is -2.06. The number of rotatable bonds is 3. The van der Waals surface area contributed by atoms with Gasteiger partial charge in [-0.05, 0) is 31.0 Å². The number of alkyl halides is 1. The van der Waals surface area contributed by atoms with E-state index in [1.165, 1.54) is 11.1 Å². The molecule has 15 heavy (non-hydrogen) atoms. The van der Waals surface area contributed by atoms with E-state index in [9.17, 15) is 0 Å². The van der Waals surface area contributed by atoms with Crippen molar-refractivity contribution in [3.05, 3.63) is 59.5 Å². The molecule has 2 heteroatoms. The van der Waals surface area contributed by atoms with E-state index in [-0.39, 0.29) is 5.38 Å². The molecule has 0 bridgehead atoms. The first kappa shape index (κ1) is 10.3. The van der Waals surface area contributed by atoms with Crippen LogP contribution < -0.4 is 0 Å². The number of benzene rings is 1. The number of hydrogen-bond acceptors (Lipinski definition) is 1. The van der Waals surface area contributed by atoms with Gasteiger partial charge in [-0.25, -0.2) is 0 Å². The van der Waals surface area contributed by atoms with Crippen LogP contribution in [0, 0.1) is 6.92 Å². The zero-order chi connectivity index (χ0) is 10.7. The minimum absolute atomic E-state index is 0.0808. The third-order valence-electron chi connectivity index (χ3n) is 2.39. The summed E-state index contributed by atoms with van der Waals surface area (Å²) in [5.41, 5.74) is 2.50. The van der Waals surface area contributed by atoms with Crippen molar-refractivity contribution in [2.45, 2.75) is 18.7 Å². The molecule has 0 spiro atoms. The molecule has 1 aromatic carbocycles. The molecule has 1 nitrogen and oxygen atoms in total. The second kappa shape index (κ2) is 4.54. The molecule has 78 valence electrons. The van der Waals surface area contributed by atoms with Gasteiger partial charge < -0.3 is 4.42 Å². The predicted octanol–water partition coefficient (Wildman–Crippen LogP) is 4.11. The van der Waals surface area contributed by atoms with Crippen LogP contribution >= 0.6 is 11.6 Å². The number of aryl methyl sites for hydroxylation is 1. The monoisotopic (exact) mass is 220 g/mol. The lowest BCUT2D eigenvalue weighted by atomic mass is 10.1. The van der Waals surface area contributed by atoms with E-state index in [4.69, 9.17) is 16.0 Å². The highest BCUT2D eigenvalue weighted by Crippen LogP contribution is 2.25. The summed E-state index contributed by atoms with van der Waals surface area (Å²) in [5.74, 6) is 0.831. The highest BCUT2D eigenvalue weighted by molar-refractivity contribution is 6.20. The van der Waals surface area contributed by atoms with Crippen LogP contribution in [0.3, 0.4) is 0 Å². The zero-order valence-corrected chi connectivity index (χ0v) is 9.37. The van der Waals surface area contributed by atoms with Crippen LogP contribution in [0.25, 0.3) is 0 Å². The van der Waals surface area contributed by atoms with Gasteiger partial charge in [0.25, 0.3) is 0 Å². The van der Waals surface area contributed by atoms with Crippen LogP contribution in [0.5, 0.6) is 0 Å². The van der Waals surface area contributed by atoms with Crippen molar-refractivity contribution in [2.24, 2.45) is 0 Å². The van der Waals surface area contributed by atoms with E-state index >= 15 is 0 Å². The summed E-state index contributed by atoms with van der Waals surface area (Å²) in [6, 6.07) is 12.2. The van der Waals surface area contributed by atoms with Crippen molar-refractivity contribution >= 4 is 11.6 Å². The second-order valence-electron chi connectivity index (χ2n) is 3.67. The lowest BCUT2D eigenvalue weighted by Crippen LogP contribution is -1.94. The fourth-order valence-electron chi connectivity index (χ4n) is 1.50. The molecule has 0 aliphatic rings. The average molecular weight is 221 g/mol. The van der Waals surface area contributed by atoms with Gasteiger partial charge in [-0.1, -0.05) is 29.8 Å². The Morgan fingerprint density at radius 3 is 2.53 bits per heavy atom. The smallest absolute Gasteiger partial charge is 0.121 e. The predicted molar refractivity (Wildman–Crippen MR) is 62.2 cm³/mol. The minimum Gasteiger partial charge on any atom is -0.468 e. The number of halogens is 1. The van der Waals surface area contributed by atoms with Gasteiger partial charge in [0.15, 0.2) is 0 Å². The van der Waals surface area contributed by atoms with Crippen molar-refractivity contribution in [3.8, 4) is 0 Å². The van der Waals surface area contributed by atoms with E-state index in [1.54, 1.807) is 6.26 Å². The van der Waals surface area contributed by atoms with Gasteiger partial charge in [0.2, 0.25) is 0 Å². The molecular formula is C13H13ClO.